The molecule has 8 heteroatoms. The van der Waals surface area contributed by atoms with Crippen molar-refractivity contribution < 1.29 is 9.50 Å². The van der Waals surface area contributed by atoms with Crippen LogP contribution in [-0.2, 0) is 6.42 Å². The smallest absolute Gasteiger partial charge is 0.228 e. The summed E-state index contributed by atoms with van der Waals surface area (Å²) in [7, 11) is 0. The number of aromatic hydroxyl groups is 1. The Bertz CT molecular complexity index is 1460. The van der Waals surface area contributed by atoms with Crippen LogP contribution in [0.15, 0.2) is 48.4 Å². The largest absolute Gasteiger partial charge is 0.508 e. The molecule has 3 heterocycles. The zero-order valence-electron chi connectivity index (χ0n) is 19.1. The molecule has 3 aromatic heterocycles. The molecular formula is C26H25FN6O. The Labute approximate surface area is 196 Å². The van der Waals surface area contributed by atoms with Gasteiger partial charge >= 0.3 is 0 Å². The number of fused-ring (bicyclic) bond motifs is 3. The second-order valence-corrected chi connectivity index (χ2v) is 9.44. The van der Waals surface area contributed by atoms with Gasteiger partial charge in [-0.05, 0) is 66.5 Å². The van der Waals surface area contributed by atoms with Crippen molar-refractivity contribution >= 4 is 17.2 Å². The summed E-state index contributed by atoms with van der Waals surface area (Å²) in [4.78, 5) is 13.4. The maximum Gasteiger partial charge on any atom is 0.228 e. The molecule has 2 aliphatic rings. The summed E-state index contributed by atoms with van der Waals surface area (Å²) in [6.45, 7) is 4.19. The summed E-state index contributed by atoms with van der Waals surface area (Å²) in [6, 6.07) is 7.23. The van der Waals surface area contributed by atoms with Crippen LogP contribution in [0.1, 0.15) is 55.7 Å². The Morgan fingerprint density at radius 3 is 2.85 bits per heavy atom. The molecule has 0 amide bonds. The van der Waals surface area contributed by atoms with Crippen molar-refractivity contribution in [2.75, 3.05) is 5.32 Å². The first-order chi connectivity index (χ1) is 16.5. The summed E-state index contributed by atoms with van der Waals surface area (Å²) in [5.41, 5.74) is 7.50. The maximum absolute atomic E-state index is 13.9. The molecule has 0 spiro atoms. The Balaban J connectivity index is 1.37. The first-order valence-corrected chi connectivity index (χ1v) is 11.6. The average molecular weight is 457 g/mol. The van der Waals surface area contributed by atoms with Gasteiger partial charge in [-0.15, -0.1) is 0 Å². The van der Waals surface area contributed by atoms with Crippen LogP contribution in [0.3, 0.4) is 0 Å². The van der Waals surface area contributed by atoms with Gasteiger partial charge in [-0.2, -0.15) is 14.6 Å². The molecule has 2 aliphatic carbocycles. The molecule has 0 aliphatic heterocycles. The van der Waals surface area contributed by atoms with Gasteiger partial charge in [0.15, 0.2) is 11.5 Å². The zero-order valence-corrected chi connectivity index (χ0v) is 19.1. The lowest BCUT2D eigenvalue weighted by molar-refractivity contribution is 0.474. The van der Waals surface area contributed by atoms with Gasteiger partial charge in [0.1, 0.15) is 11.6 Å². The summed E-state index contributed by atoms with van der Waals surface area (Å²) in [6.07, 6.45) is 8.32. The molecule has 34 heavy (non-hydrogen) atoms. The van der Waals surface area contributed by atoms with E-state index in [0.29, 0.717) is 28.7 Å². The van der Waals surface area contributed by atoms with Gasteiger partial charge in [-0.25, -0.2) is 9.37 Å². The fraction of sp³-hybridized carbons (Fsp3) is 0.308. The van der Waals surface area contributed by atoms with Gasteiger partial charge in [0.2, 0.25) is 5.95 Å². The van der Waals surface area contributed by atoms with Gasteiger partial charge in [-0.3, -0.25) is 4.98 Å². The van der Waals surface area contributed by atoms with Gasteiger partial charge in [0.25, 0.3) is 0 Å². The van der Waals surface area contributed by atoms with Crippen LogP contribution in [-0.4, -0.2) is 35.7 Å². The molecule has 0 fully saturated rings. The summed E-state index contributed by atoms with van der Waals surface area (Å²) < 4.78 is 15.6. The number of hydrogen-bond acceptors (Lipinski definition) is 6. The number of pyridine rings is 1. The number of phenols is 1. The van der Waals surface area contributed by atoms with E-state index in [-0.39, 0.29) is 12.0 Å². The minimum absolute atomic E-state index is 0.168. The van der Waals surface area contributed by atoms with E-state index in [9.17, 15) is 9.50 Å². The Hall–Kier alpha value is -3.81. The molecule has 6 rings (SSSR count). The number of nitrogens with one attached hydrogen (secondary N) is 1. The number of phenolic OH excluding ortho intramolecular Hbond substituents is 1. The van der Waals surface area contributed by atoms with Gasteiger partial charge in [0.05, 0.1) is 12.4 Å². The lowest BCUT2D eigenvalue weighted by Crippen LogP contribution is -2.25. The predicted molar refractivity (Wildman–Crippen MR) is 128 cm³/mol. The summed E-state index contributed by atoms with van der Waals surface area (Å²) >= 11 is 0. The highest BCUT2D eigenvalue weighted by atomic mass is 19.1. The third kappa shape index (κ3) is 3.50. The lowest BCUT2D eigenvalue weighted by Gasteiger charge is -2.26. The van der Waals surface area contributed by atoms with Crippen LogP contribution in [0.5, 0.6) is 5.75 Å². The number of hydrogen-bond donors (Lipinski definition) is 2. The topological polar surface area (TPSA) is 88.2 Å². The van der Waals surface area contributed by atoms with Crippen LogP contribution in [0.25, 0.3) is 22.6 Å². The van der Waals surface area contributed by atoms with Crippen LogP contribution < -0.4 is 5.32 Å². The second kappa shape index (κ2) is 7.90. The van der Waals surface area contributed by atoms with Crippen molar-refractivity contribution in [3.05, 3.63) is 70.9 Å². The van der Waals surface area contributed by atoms with E-state index >= 15 is 0 Å². The molecule has 2 N–H and O–H groups in total. The van der Waals surface area contributed by atoms with E-state index in [1.807, 2.05) is 18.3 Å². The van der Waals surface area contributed by atoms with E-state index in [1.54, 1.807) is 16.8 Å². The lowest BCUT2D eigenvalue weighted by atomic mass is 9.88. The van der Waals surface area contributed by atoms with Gasteiger partial charge in [0, 0.05) is 23.4 Å². The molecule has 0 radical (unpaired) electrons. The van der Waals surface area contributed by atoms with Gasteiger partial charge < -0.3 is 10.4 Å². The summed E-state index contributed by atoms with van der Waals surface area (Å²) in [5.74, 6) is 1.13. The van der Waals surface area contributed by atoms with Crippen LogP contribution in [0, 0.1) is 5.82 Å². The molecular weight excluding hydrogens is 431 g/mol. The van der Waals surface area contributed by atoms with Crippen molar-refractivity contribution in [1.29, 1.82) is 0 Å². The molecule has 172 valence electrons. The van der Waals surface area contributed by atoms with Crippen molar-refractivity contribution in [3.8, 4) is 17.1 Å². The first-order valence-electron chi connectivity index (χ1n) is 11.6. The van der Waals surface area contributed by atoms with Crippen LogP contribution in [0.4, 0.5) is 10.3 Å². The fourth-order valence-corrected chi connectivity index (χ4v) is 5.10. The zero-order chi connectivity index (χ0) is 23.4. The SMILES string of the molecule is CC(C)c1cnn2c(N[C@H]3CCC4=C(C3)c3ccc(O)cc3C4)nc(-c3cncc(F)c3)nc12. The molecule has 0 unspecified atom stereocenters. The van der Waals surface area contributed by atoms with E-state index in [4.69, 9.17) is 9.97 Å². The number of halogens is 1. The Morgan fingerprint density at radius 2 is 2.03 bits per heavy atom. The van der Waals surface area contributed by atoms with E-state index < -0.39 is 5.82 Å². The normalized spacial score (nSPS) is 17.4. The molecule has 1 aromatic carbocycles. The third-order valence-electron chi connectivity index (χ3n) is 6.80. The van der Waals surface area contributed by atoms with E-state index in [2.05, 4.69) is 29.2 Å². The van der Waals surface area contributed by atoms with Crippen molar-refractivity contribution in [1.82, 2.24) is 24.6 Å². The standard InChI is InChI=1S/C26H25FN6O/c1-14(2)23-13-29-33-25(23)31-24(17-8-18(27)12-28-11-17)32-26(33)30-19-4-3-15-7-16-9-20(34)5-6-21(16)22(15)10-19/h5-6,8-9,11-14,19,34H,3-4,7,10H2,1-2H3,(H,30,31,32)/t19-/m0/s1. The van der Waals surface area contributed by atoms with Crippen LogP contribution in [0.2, 0.25) is 0 Å². The van der Waals surface area contributed by atoms with Gasteiger partial charge in [-0.1, -0.05) is 25.5 Å². The monoisotopic (exact) mass is 456 g/mol. The number of benzene rings is 1. The molecule has 1 atom stereocenters. The van der Waals surface area contributed by atoms with E-state index in [0.717, 1.165) is 31.2 Å². The maximum atomic E-state index is 13.9. The van der Waals surface area contributed by atoms with Crippen LogP contribution >= 0.6 is 0 Å². The Kier molecular flexibility index (Phi) is 4.83. The fourth-order valence-electron chi connectivity index (χ4n) is 5.10. The minimum Gasteiger partial charge on any atom is -0.508 e. The summed E-state index contributed by atoms with van der Waals surface area (Å²) in [5, 5.41) is 18.0. The minimum atomic E-state index is -0.425. The molecule has 0 bridgehead atoms. The Morgan fingerprint density at radius 1 is 1.15 bits per heavy atom. The molecule has 7 nitrogen and oxygen atoms in total. The quantitative estimate of drug-likeness (QED) is 0.443. The second-order valence-electron chi connectivity index (χ2n) is 9.44. The predicted octanol–water partition coefficient (Wildman–Crippen LogP) is 5.13. The molecule has 4 aromatic rings. The number of rotatable bonds is 4. The number of allylic oxidation sites excluding steroid dienone is 1. The molecule has 0 saturated carbocycles. The van der Waals surface area contributed by atoms with Crippen molar-refractivity contribution in [3.63, 3.8) is 0 Å². The van der Waals surface area contributed by atoms with Crippen molar-refractivity contribution in [2.45, 2.75) is 51.5 Å². The highest BCUT2D eigenvalue weighted by molar-refractivity contribution is 5.78. The highest BCUT2D eigenvalue weighted by Gasteiger charge is 2.29. The van der Waals surface area contributed by atoms with E-state index in [1.165, 1.54) is 34.5 Å². The highest BCUT2D eigenvalue weighted by Crippen LogP contribution is 2.43. The van der Waals surface area contributed by atoms with Crippen molar-refractivity contribution in [2.24, 2.45) is 0 Å². The third-order valence-corrected chi connectivity index (χ3v) is 6.80. The number of aromatic nitrogens is 5. The number of anilines is 1. The first kappa shape index (κ1) is 20.8. The molecule has 0 saturated heterocycles. The average Bonchev–Trinajstić information content (AvgIpc) is 3.40. The number of nitrogens with zero attached hydrogens (tertiary/aromatic N) is 5.